The first-order valence-corrected chi connectivity index (χ1v) is 5.77. The van der Waals surface area contributed by atoms with Crippen molar-refractivity contribution >= 4 is 11.6 Å². The van der Waals surface area contributed by atoms with Crippen LogP contribution in [0.15, 0.2) is 0 Å². The van der Waals surface area contributed by atoms with Crippen LogP contribution in [-0.4, -0.2) is 27.3 Å². The molecule has 0 fully saturated rings. The molecule has 0 aliphatic carbocycles. The van der Waals surface area contributed by atoms with Crippen molar-refractivity contribution in [2.45, 2.75) is 40.3 Å². The Morgan fingerprint density at radius 1 is 1.47 bits per heavy atom. The number of aryl methyl sites for hydroxylation is 2. The zero-order valence-electron chi connectivity index (χ0n) is 10.2. The highest BCUT2D eigenvalue weighted by Crippen LogP contribution is 2.21. The summed E-state index contributed by atoms with van der Waals surface area (Å²) < 4.78 is 1.74. The Bertz CT molecular complexity index is 331. The van der Waals surface area contributed by atoms with E-state index in [4.69, 9.17) is 11.6 Å². The third-order valence-electron chi connectivity index (χ3n) is 2.77. The van der Waals surface area contributed by atoms with Crippen LogP contribution in [0.25, 0.3) is 0 Å². The van der Waals surface area contributed by atoms with Gasteiger partial charge in [-0.05, 0) is 27.3 Å². The summed E-state index contributed by atoms with van der Waals surface area (Å²) >= 11 is 6.19. The zero-order valence-corrected chi connectivity index (χ0v) is 11.0. The fourth-order valence-electron chi connectivity index (χ4n) is 1.72. The molecule has 1 rings (SSSR count). The van der Waals surface area contributed by atoms with Crippen molar-refractivity contribution in [2.24, 2.45) is 7.05 Å². The molecule has 0 atom stereocenters. The van der Waals surface area contributed by atoms with Gasteiger partial charge in [0, 0.05) is 25.2 Å². The molecule has 1 aromatic heterocycles. The second-order valence-corrected chi connectivity index (χ2v) is 4.49. The highest BCUT2D eigenvalue weighted by molar-refractivity contribution is 6.30. The fourth-order valence-corrected chi connectivity index (χ4v) is 1.95. The van der Waals surface area contributed by atoms with Gasteiger partial charge in [0.05, 0.1) is 5.69 Å². The Hall–Kier alpha value is -0.540. The highest BCUT2D eigenvalue weighted by atomic mass is 35.5. The fraction of sp³-hybridized carbons (Fsp3) is 0.727. The molecular weight excluding hydrogens is 210 g/mol. The topological polar surface area (TPSA) is 21.1 Å². The summed E-state index contributed by atoms with van der Waals surface area (Å²) in [6, 6.07) is 0.533. The highest BCUT2D eigenvalue weighted by Gasteiger charge is 2.15. The lowest BCUT2D eigenvalue weighted by molar-refractivity contribution is 0.224. The van der Waals surface area contributed by atoms with Gasteiger partial charge in [0.15, 0.2) is 0 Å². The zero-order chi connectivity index (χ0) is 11.6. The van der Waals surface area contributed by atoms with Crippen LogP contribution in [0.1, 0.15) is 32.0 Å². The number of nitrogens with zero attached hydrogens (tertiary/aromatic N) is 3. The maximum absolute atomic E-state index is 6.19. The molecule has 0 saturated carbocycles. The normalized spacial score (nSPS) is 11.7. The van der Waals surface area contributed by atoms with Crippen LogP contribution in [0.2, 0.25) is 5.15 Å². The number of hydrogen-bond acceptors (Lipinski definition) is 2. The first-order valence-electron chi connectivity index (χ1n) is 5.39. The molecule has 3 nitrogen and oxygen atoms in total. The van der Waals surface area contributed by atoms with Crippen LogP contribution in [0, 0.1) is 6.92 Å². The van der Waals surface area contributed by atoms with Crippen molar-refractivity contribution in [1.29, 1.82) is 0 Å². The minimum atomic E-state index is 0.533. The van der Waals surface area contributed by atoms with E-state index < -0.39 is 0 Å². The standard InChI is InChI=1S/C11H20ClN3/c1-6-15(8(2)3)7-10-9(4)13-14(5)11(10)12/h8H,6-7H2,1-5H3. The number of halogens is 1. The van der Waals surface area contributed by atoms with E-state index >= 15 is 0 Å². The molecule has 1 aromatic rings. The van der Waals surface area contributed by atoms with E-state index in [0.29, 0.717) is 6.04 Å². The van der Waals surface area contributed by atoms with Gasteiger partial charge in [-0.25, -0.2) is 0 Å². The molecule has 86 valence electrons. The van der Waals surface area contributed by atoms with Crippen molar-refractivity contribution in [2.75, 3.05) is 6.54 Å². The summed E-state index contributed by atoms with van der Waals surface area (Å²) in [4.78, 5) is 2.37. The first kappa shape index (κ1) is 12.5. The van der Waals surface area contributed by atoms with E-state index in [2.05, 4.69) is 30.8 Å². The molecule has 0 amide bonds. The molecule has 0 N–H and O–H groups in total. The number of hydrogen-bond donors (Lipinski definition) is 0. The lowest BCUT2D eigenvalue weighted by Gasteiger charge is -2.24. The second kappa shape index (κ2) is 4.99. The largest absolute Gasteiger partial charge is 0.297 e. The predicted molar refractivity (Wildman–Crippen MR) is 64.2 cm³/mol. The van der Waals surface area contributed by atoms with Crippen molar-refractivity contribution < 1.29 is 0 Å². The molecule has 0 saturated heterocycles. The number of rotatable bonds is 4. The maximum Gasteiger partial charge on any atom is 0.131 e. The van der Waals surface area contributed by atoms with Crippen molar-refractivity contribution in [1.82, 2.24) is 14.7 Å². The molecule has 0 radical (unpaired) electrons. The van der Waals surface area contributed by atoms with Crippen LogP contribution < -0.4 is 0 Å². The van der Waals surface area contributed by atoms with E-state index in [9.17, 15) is 0 Å². The average Bonchev–Trinajstić information content (AvgIpc) is 2.39. The Balaban J connectivity index is 2.88. The van der Waals surface area contributed by atoms with Crippen LogP contribution in [0.5, 0.6) is 0 Å². The molecule has 0 spiro atoms. The summed E-state index contributed by atoms with van der Waals surface area (Å²) in [5.41, 5.74) is 2.18. The van der Waals surface area contributed by atoms with Crippen LogP contribution in [0.3, 0.4) is 0 Å². The predicted octanol–water partition coefficient (Wildman–Crippen LogP) is 2.61. The van der Waals surface area contributed by atoms with Crippen molar-refractivity contribution in [3.8, 4) is 0 Å². The monoisotopic (exact) mass is 229 g/mol. The van der Waals surface area contributed by atoms with Gasteiger partial charge in [0.25, 0.3) is 0 Å². The first-order chi connectivity index (χ1) is 6.97. The van der Waals surface area contributed by atoms with Crippen molar-refractivity contribution in [3.63, 3.8) is 0 Å². The summed E-state index contributed by atoms with van der Waals surface area (Å²) in [7, 11) is 1.88. The Kier molecular flexibility index (Phi) is 4.17. The van der Waals surface area contributed by atoms with Gasteiger partial charge in [-0.2, -0.15) is 5.10 Å². The number of aromatic nitrogens is 2. The molecule has 0 bridgehead atoms. The lowest BCUT2D eigenvalue weighted by atomic mass is 10.2. The van der Waals surface area contributed by atoms with E-state index in [-0.39, 0.29) is 0 Å². The quantitative estimate of drug-likeness (QED) is 0.792. The van der Waals surface area contributed by atoms with E-state index in [1.807, 2.05) is 14.0 Å². The minimum Gasteiger partial charge on any atom is -0.297 e. The molecule has 0 aliphatic rings. The SMILES string of the molecule is CCN(Cc1c(C)nn(C)c1Cl)C(C)C. The third-order valence-corrected chi connectivity index (χ3v) is 3.24. The minimum absolute atomic E-state index is 0.533. The van der Waals surface area contributed by atoms with Gasteiger partial charge >= 0.3 is 0 Å². The Labute approximate surface area is 97.0 Å². The maximum atomic E-state index is 6.19. The van der Waals surface area contributed by atoms with E-state index in [0.717, 1.165) is 29.5 Å². The summed E-state index contributed by atoms with van der Waals surface area (Å²) in [5, 5.41) is 5.07. The van der Waals surface area contributed by atoms with Crippen LogP contribution in [-0.2, 0) is 13.6 Å². The Morgan fingerprint density at radius 3 is 2.40 bits per heavy atom. The summed E-state index contributed by atoms with van der Waals surface area (Å²) in [6.07, 6.45) is 0. The van der Waals surface area contributed by atoms with Crippen LogP contribution in [0.4, 0.5) is 0 Å². The molecule has 0 aliphatic heterocycles. The molecule has 4 heteroatoms. The second-order valence-electron chi connectivity index (χ2n) is 4.14. The van der Waals surface area contributed by atoms with E-state index in [1.54, 1.807) is 4.68 Å². The molecular formula is C11H20ClN3. The lowest BCUT2D eigenvalue weighted by Crippen LogP contribution is -2.30. The van der Waals surface area contributed by atoms with Gasteiger partial charge in [0.2, 0.25) is 0 Å². The van der Waals surface area contributed by atoms with Gasteiger partial charge in [0.1, 0.15) is 5.15 Å². The molecule has 1 heterocycles. The van der Waals surface area contributed by atoms with Gasteiger partial charge in [-0.3, -0.25) is 9.58 Å². The summed E-state index contributed by atoms with van der Waals surface area (Å²) in [6.45, 7) is 10.5. The van der Waals surface area contributed by atoms with Gasteiger partial charge in [-0.15, -0.1) is 0 Å². The van der Waals surface area contributed by atoms with Gasteiger partial charge < -0.3 is 0 Å². The third kappa shape index (κ3) is 2.73. The molecule has 0 aromatic carbocycles. The molecule has 0 unspecified atom stereocenters. The molecule has 15 heavy (non-hydrogen) atoms. The van der Waals surface area contributed by atoms with E-state index in [1.165, 1.54) is 0 Å². The van der Waals surface area contributed by atoms with Crippen LogP contribution >= 0.6 is 11.6 Å². The smallest absolute Gasteiger partial charge is 0.131 e. The van der Waals surface area contributed by atoms with Crippen molar-refractivity contribution in [3.05, 3.63) is 16.4 Å². The van der Waals surface area contributed by atoms with Gasteiger partial charge in [-0.1, -0.05) is 18.5 Å². The summed E-state index contributed by atoms with van der Waals surface area (Å²) in [5.74, 6) is 0. The Morgan fingerprint density at radius 2 is 2.07 bits per heavy atom. The average molecular weight is 230 g/mol.